The molecule has 4 heterocycles. The first-order valence-electron chi connectivity index (χ1n) is 11.4. The molecule has 1 aromatic carbocycles. The molecule has 0 radical (unpaired) electrons. The number of aryl methyl sites for hydroxylation is 1. The highest BCUT2D eigenvalue weighted by Crippen LogP contribution is 2.27. The molecule has 0 amide bonds. The average Bonchev–Trinajstić information content (AvgIpc) is 3.53. The Hall–Kier alpha value is -4.13. The van der Waals surface area contributed by atoms with Crippen LogP contribution in [0.25, 0.3) is 5.82 Å². The SMILES string of the molecule is Cc1cn([C@H]2C[C@H](O)[C@@H](CNCc3ccc(Oc4cc(-n5cccn5)ncn4)cc3)O2)c(=O)[nH]c1=O. The molecule has 3 N–H and O–H groups in total. The molecule has 4 aromatic rings. The minimum atomic E-state index is -0.739. The maximum absolute atomic E-state index is 12.1. The fourth-order valence-corrected chi connectivity index (χ4v) is 3.94. The zero-order chi connectivity index (χ0) is 25.1. The average molecular weight is 492 g/mol. The van der Waals surface area contributed by atoms with Gasteiger partial charge in [0.2, 0.25) is 5.88 Å². The van der Waals surface area contributed by atoms with Crippen LogP contribution in [0.3, 0.4) is 0 Å². The number of ether oxygens (including phenoxy) is 2. The lowest BCUT2D eigenvalue weighted by Gasteiger charge is -2.17. The van der Waals surface area contributed by atoms with Crippen LogP contribution in [-0.4, -0.2) is 53.2 Å². The summed E-state index contributed by atoms with van der Waals surface area (Å²) in [7, 11) is 0. The number of aromatic amines is 1. The molecule has 0 saturated carbocycles. The van der Waals surface area contributed by atoms with E-state index >= 15 is 0 Å². The van der Waals surface area contributed by atoms with Crippen LogP contribution in [0.15, 0.2) is 70.9 Å². The topological polar surface area (TPSA) is 149 Å². The molecular weight excluding hydrogens is 466 g/mol. The number of hydrogen-bond donors (Lipinski definition) is 3. The maximum atomic E-state index is 12.1. The summed E-state index contributed by atoms with van der Waals surface area (Å²) in [6.45, 7) is 2.55. The van der Waals surface area contributed by atoms with Crippen LogP contribution in [0.4, 0.5) is 0 Å². The zero-order valence-electron chi connectivity index (χ0n) is 19.4. The van der Waals surface area contributed by atoms with Gasteiger partial charge in [-0.15, -0.1) is 0 Å². The molecule has 1 aliphatic heterocycles. The van der Waals surface area contributed by atoms with E-state index in [4.69, 9.17) is 9.47 Å². The van der Waals surface area contributed by atoms with Gasteiger partial charge in [-0.2, -0.15) is 5.10 Å². The van der Waals surface area contributed by atoms with Gasteiger partial charge in [0, 0.05) is 49.7 Å². The molecule has 1 aliphatic rings. The molecule has 5 rings (SSSR count). The van der Waals surface area contributed by atoms with Crippen LogP contribution in [-0.2, 0) is 11.3 Å². The van der Waals surface area contributed by atoms with Gasteiger partial charge in [-0.3, -0.25) is 14.3 Å². The van der Waals surface area contributed by atoms with Crippen molar-refractivity contribution in [3.63, 3.8) is 0 Å². The van der Waals surface area contributed by atoms with Gasteiger partial charge in [0.25, 0.3) is 5.56 Å². The van der Waals surface area contributed by atoms with Crippen molar-refractivity contribution < 1.29 is 14.6 Å². The highest BCUT2D eigenvalue weighted by atomic mass is 16.5. The van der Waals surface area contributed by atoms with Crippen molar-refractivity contribution in [2.24, 2.45) is 0 Å². The summed E-state index contributed by atoms with van der Waals surface area (Å²) in [6.07, 6.45) is 4.73. The second-order valence-electron chi connectivity index (χ2n) is 8.45. The summed E-state index contributed by atoms with van der Waals surface area (Å²) in [4.78, 5) is 34.3. The van der Waals surface area contributed by atoms with Crippen molar-refractivity contribution in [2.75, 3.05) is 6.54 Å². The third-order valence-electron chi connectivity index (χ3n) is 5.85. The molecule has 0 spiro atoms. The summed E-state index contributed by atoms with van der Waals surface area (Å²) in [5.74, 6) is 1.63. The van der Waals surface area contributed by atoms with Crippen molar-refractivity contribution in [2.45, 2.75) is 38.3 Å². The fourth-order valence-electron chi connectivity index (χ4n) is 3.94. The van der Waals surface area contributed by atoms with Crippen LogP contribution < -0.4 is 21.3 Å². The molecule has 36 heavy (non-hydrogen) atoms. The number of aliphatic hydroxyl groups excluding tert-OH is 1. The summed E-state index contributed by atoms with van der Waals surface area (Å²) < 4.78 is 14.7. The van der Waals surface area contributed by atoms with E-state index in [1.54, 1.807) is 30.1 Å². The van der Waals surface area contributed by atoms with E-state index in [0.29, 0.717) is 36.1 Å². The van der Waals surface area contributed by atoms with E-state index in [-0.39, 0.29) is 6.42 Å². The lowest BCUT2D eigenvalue weighted by Crippen LogP contribution is -2.35. The van der Waals surface area contributed by atoms with Gasteiger partial charge in [-0.25, -0.2) is 19.4 Å². The van der Waals surface area contributed by atoms with E-state index in [2.05, 4.69) is 25.4 Å². The summed E-state index contributed by atoms with van der Waals surface area (Å²) >= 11 is 0. The van der Waals surface area contributed by atoms with E-state index in [9.17, 15) is 14.7 Å². The molecule has 0 bridgehead atoms. The van der Waals surface area contributed by atoms with Crippen LogP contribution in [0.5, 0.6) is 11.6 Å². The Labute approximate surface area is 205 Å². The normalized spacial score (nSPS) is 19.4. The number of nitrogens with zero attached hydrogens (tertiary/aromatic N) is 5. The monoisotopic (exact) mass is 491 g/mol. The van der Waals surface area contributed by atoms with E-state index in [1.807, 2.05) is 30.3 Å². The van der Waals surface area contributed by atoms with Gasteiger partial charge in [0.1, 0.15) is 18.3 Å². The number of H-pyrrole nitrogens is 1. The van der Waals surface area contributed by atoms with Crippen LogP contribution in [0, 0.1) is 6.92 Å². The zero-order valence-corrected chi connectivity index (χ0v) is 19.4. The molecule has 3 aromatic heterocycles. The Kier molecular flexibility index (Phi) is 6.71. The van der Waals surface area contributed by atoms with Crippen molar-refractivity contribution in [1.29, 1.82) is 0 Å². The first kappa shape index (κ1) is 23.6. The Morgan fingerprint density at radius 3 is 2.86 bits per heavy atom. The third-order valence-corrected chi connectivity index (χ3v) is 5.85. The number of hydrogen-bond acceptors (Lipinski definition) is 9. The van der Waals surface area contributed by atoms with Crippen molar-refractivity contribution >= 4 is 0 Å². The van der Waals surface area contributed by atoms with Crippen molar-refractivity contribution in [3.05, 3.63) is 93.3 Å². The second kappa shape index (κ2) is 10.2. The van der Waals surface area contributed by atoms with Crippen LogP contribution in [0.1, 0.15) is 23.8 Å². The van der Waals surface area contributed by atoms with Crippen LogP contribution in [0.2, 0.25) is 0 Å². The number of nitrogens with one attached hydrogen (secondary N) is 2. The predicted molar refractivity (Wildman–Crippen MR) is 128 cm³/mol. The lowest BCUT2D eigenvalue weighted by atomic mass is 10.1. The smallest absolute Gasteiger partial charge is 0.330 e. The predicted octanol–water partition coefficient (Wildman–Crippen LogP) is 1.05. The van der Waals surface area contributed by atoms with E-state index < -0.39 is 29.7 Å². The highest BCUT2D eigenvalue weighted by molar-refractivity contribution is 5.33. The minimum Gasteiger partial charge on any atom is -0.439 e. The molecule has 3 atom stereocenters. The van der Waals surface area contributed by atoms with Gasteiger partial charge in [-0.05, 0) is 30.7 Å². The van der Waals surface area contributed by atoms with Crippen molar-refractivity contribution in [1.82, 2.24) is 34.6 Å². The maximum Gasteiger partial charge on any atom is 0.330 e. The highest BCUT2D eigenvalue weighted by Gasteiger charge is 2.35. The molecule has 0 aliphatic carbocycles. The Balaban J connectivity index is 1.13. The minimum absolute atomic E-state index is 0.259. The molecule has 12 heteroatoms. The lowest BCUT2D eigenvalue weighted by molar-refractivity contribution is -0.0194. The molecule has 1 saturated heterocycles. The van der Waals surface area contributed by atoms with E-state index in [1.165, 1.54) is 17.1 Å². The molecule has 186 valence electrons. The third kappa shape index (κ3) is 5.25. The summed E-state index contributed by atoms with van der Waals surface area (Å²) in [6, 6.07) is 11.0. The van der Waals surface area contributed by atoms with E-state index in [0.717, 1.165) is 5.56 Å². The number of aliphatic hydroxyl groups is 1. The number of benzene rings is 1. The van der Waals surface area contributed by atoms with Crippen LogP contribution >= 0.6 is 0 Å². The summed E-state index contributed by atoms with van der Waals surface area (Å²) in [5.41, 5.74) is 0.428. The Bertz CT molecular complexity index is 1430. The fraction of sp³-hybridized carbons (Fsp3) is 0.292. The van der Waals surface area contributed by atoms with Gasteiger partial charge in [0.05, 0.1) is 12.2 Å². The molecule has 0 unspecified atom stereocenters. The van der Waals surface area contributed by atoms with Gasteiger partial charge >= 0.3 is 5.69 Å². The first-order chi connectivity index (χ1) is 17.5. The van der Waals surface area contributed by atoms with Crippen molar-refractivity contribution in [3.8, 4) is 17.4 Å². The molecular formula is C24H25N7O5. The van der Waals surface area contributed by atoms with Gasteiger partial charge in [-0.1, -0.05) is 12.1 Å². The Morgan fingerprint density at radius 2 is 2.08 bits per heavy atom. The standard InChI is InChI=1S/C24H25N7O5/c1-15-13-30(24(34)29-23(15)33)22-9-18(32)19(36-22)12-25-11-16-3-5-17(6-4-16)35-21-10-20(26-14-27-21)31-8-2-7-28-31/h2-8,10,13-14,18-19,22,25,32H,9,11-12H2,1H3,(H,29,33,34)/t18-,19+,22+/m0/s1. The van der Waals surface area contributed by atoms with Gasteiger partial charge < -0.3 is 19.9 Å². The quantitative estimate of drug-likeness (QED) is 0.329. The number of rotatable bonds is 8. The summed E-state index contributed by atoms with van der Waals surface area (Å²) in [5, 5.41) is 17.8. The second-order valence-corrected chi connectivity index (χ2v) is 8.45. The number of aromatic nitrogens is 6. The largest absolute Gasteiger partial charge is 0.439 e. The molecule has 12 nitrogen and oxygen atoms in total. The van der Waals surface area contributed by atoms with Gasteiger partial charge in [0.15, 0.2) is 5.82 Å². The molecule has 1 fully saturated rings. The first-order valence-corrected chi connectivity index (χ1v) is 11.4. The Morgan fingerprint density at radius 1 is 1.25 bits per heavy atom.